The molecule has 0 bridgehead atoms. The van der Waals surface area contributed by atoms with E-state index in [1.54, 1.807) is 42.5 Å². The Morgan fingerprint density at radius 1 is 1.12 bits per heavy atom. The molecule has 2 aromatic carbocycles. The van der Waals surface area contributed by atoms with Gasteiger partial charge in [-0.15, -0.1) is 0 Å². The zero-order valence-corrected chi connectivity index (χ0v) is 13.2. The Morgan fingerprint density at radius 2 is 1.92 bits per heavy atom. The summed E-state index contributed by atoms with van der Waals surface area (Å²) in [4.78, 5) is 31.3. The molecule has 126 valence electrons. The quantitative estimate of drug-likeness (QED) is 0.761. The molecule has 4 rings (SSSR count). The third-order valence-electron chi connectivity index (χ3n) is 3.82. The molecule has 0 atom stereocenters. The fourth-order valence-electron chi connectivity index (χ4n) is 2.70. The van der Waals surface area contributed by atoms with Crippen LogP contribution in [-0.2, 0) is 11.2 Å². The van der Waals surface area contributed by atoms with Gasteiger partial charge in [0, 0.05) is 11.8 Å². The number of fused-ring (bicyclic) bond motifs is 2. The maximum atomic E-state index is 12.3. The second kappa shape index (κ2) is 6.27. The zero-order chi connectivity index (χ0) is 17.2. The van der Waals surface area contributed by atoms with Gasteiger partial charge in [0.1, 0.15) is 19.0 Å². The lowest BCUT2D eigenvalue weighted by molar-refractivity contribution is -0.115. The highest BCUT2D eigenvalue weighted by molar-refractivity contribution is 5.92. The van der Waals surface area contributed by atoms with E-state index in [-0.39, 0.29) is 17.9 Å². The second-order valence-corrected chi connectivity index (χ2v) is 5.61. The molecule has 3 aromatic rings. The number of aromatic amines is 1. The first-order valence-corrected chi connectivity index (χ1v) is 7.86. The summed E-state index contributed by atoms with van der Waals surface area (Å²) >= 11 is 0. The van der Waals surface area contributed by atoms with Crippen molar-refractivity contribution in [1.82, 2.24) is 9.97 Å². The maximum Gasteiger partial charge on any atom is 0.258 e. The standard InChI is InChI=1S/C18H15N3O4/c22-17(19-11-5-6-14-15(9-11)25-8-7-24-14)10-16-20-13-4-2-1-3-12(13)18(23)21-16/h1-6,9H,7-8,10H2,(H,19,22)(H,20,21,23). The van der Waals surface area contributed by atoms with E-state index in [0.717, 1.165) is 0 Å². The first-order valence-electron chi connectivity index (χ1n) is 7.86. The normalized spacial score (nSPS) is 12.8. The van der Waals surface area contributed by atoms with Gasteiger partial charge in [0.2, 0.25) is 5.91 Å². The fraction of sp³-hybridized carbons (Fsp3) is 0.167. The third kappa shape index (κ3) is 3.16. The Kier molecular flexibility index (Phi) is 3.81. The number of anilines is 1. The average molecular weight is 337 g/mol. The van der Waals surface area contributed by atoms with Crippen molar-refractivity contribution in [2.45, 2.75) is 6.42 Å². The van der Waals surface area contributed by atoms with E-state index < -0.39 is 0 Å². The van der Waals surface area contributed by atoms with Crippen molar-refractivity contribution in [1.29, 1.82) is 0 Å². The second-order valence-electron chi connectivity index (χ2n) is 5.61. The molecule has 0 radical (unpaired) electrons. The number of nitrogens with one attached hydrogen (secondary N) is 2. The lowest BCUT2D eigenvalue weighted by Crippen LogP contribution is -2.20. The number of nitrogens with zero attached hydrogens (tertiary/aromatic N) is 1. The largest absolute Gasteiger partial charge is 0.486 e. The maximum absolute atomic E-state index is 12.3. The summed E-state index contributed by atoms with van der Waals surface area (Å²) in [6.45, 7) is 0.992. The summed E-state index contributed by atoms with van der Waals surface area (Å²) in [6, 6.07) is 12.2. The van der Waals surface area contributed by atoms with E-state index in [4.69, 9.17) is 9.47 Å². The minimum Gasteiger partial charge on any atom is -0.486 e. The number of carbonyl (C=O) groups excluding carboxylic acids is 1. The van der Waals surface area contributed by atoms with Gasteiger partial charge in [0.15, 0.2) is 11.5 Å². The van der Waals surface area contributed by atoms with Crippen molar-refractivity contribution >= 4 is 22.5 Å². The van der Waals surface area contributed by atoms with Gasteiger partial charge in [-0.05, 0) is 24.3 Å². The van der Waals surface area contributed by atoms with Crippen LogP contribution in [0.15, 0.2) is 47.3 Å². The summed E-state index contributed by atoms with van der Waals surface area (Å²) in [5.41, 5.74) is 0.901. The summed E-state index contributed by atoms with van der Waals surface area (Å²) in [6.07, 6.45) is -0.0332. The van der Waals surface area contributed by atoms with Crippen molar-refractivity contribution in [2.75, 3.05) is 18.5 Å². The summed E-state index contributed by atoms with van der Waals surface area (Å²) < 4.78 is 10.9. The van der Waals surface area contributed by atoms with E-state index in [2.05, 4.69) is 15.3 Å². The van der Waals surface area contributed by atoms with Crippen LogP contribution in [0.4, 0.5) is 5.69 Å². The van der Waals surface area contributed by atoms with Gasteiger partial charge in [-0.2, -0.15) is 0 Å². The number of amides is 1. The predicted octanol–water partition coefficient (Wildman–Crippen LogP) is 1.88. The van der Waals surface area contributed by atoms with Crippen molar-refractivity contribution in [2.24, 2.45) is 0 Å². The Hall–Kier alpha value is -3.35. The Labute approximate surface area is 142 Å². The molecular formula is C18H15N3O4. The first-order chi connectivity index (χ1) is 12.2. The van der Waals surface area contributed by atoms with Crippen LogP contribution in [0.25, 0.3) is 10.9 Å². The fourth-order valence-corrected chi connectivity index (χ4v) is 2.70. The molecule has 7 nitrogen and oxygen atoms in total. The molecule has 2 N–H and O–H groups in total. The number of hydrogen-bond acceptors (Lipinski definition) is 5. The molecule has 1 aliphatic rings. The van der Waals surface area contributed by atoms with Crippen LogP contribution in [0.2, 0.25) is 0 Å². The third-order valence-corrected chi connectivity index (χ3v) is 3.82. The predicted molar refractivity (Wildman–Crippen MR) is 92.1 cm³/mol. The van der Waals surface area contributed by atoms with Crippen LogP contribution in [0.5, 0.6) is 11.5 Å². The number of ether oxygens (including phenoxy) is 2. The molecule has 1 aromatic heterocycles. The molecule has 1 aliphatic heterocycles. The molecule has 1 amide bonds. The minimum atomic E-state index is -0.282. The highest BCUT2D eigenvalue weighted by atomic mass is 16.6. The Morgan fingerprint density at radius 3 is 2.80 bits per heavy atom. The molecule has 0 fully saturated rings. The number of H-pyrrole nitrogens is 1. The van der Waals surface area contributed by atoms with Gasteiger partial charge in [-0.1, -0.05) is 12.1 Å². The number of aromatic nitrogens is 2. The van der Waals surface area contributed by atoms with Crippen molar-refractivity contribution in [3.05, 3.63) is 58.6 Å². The highest BCUT2D eigenvalue weighted by Gasteiger charge is 2.14. The molecule has 2 heterocycles. The average Bonchev–Trinajstić information content (AvgIpc) is 2.61. The molecule has 25 heavy (non-hydrogen) atoms. The first kappa shape index (κ1) is 15.2. The summed E-state index contributed by atoms with van der Waals surface area (Å²) in [7, 11) is 0. The zero-order valence-electron chi connectivity index (χ0n) is 13.2. The number of hydrogen-bond donors (Lipinski definition) is 2. The number of benzene rings is 2. The van der Waals surface area contributed by atoms with Gasteiger partial charge in [-0.25, -0.2) is 4.98 Å². The van der Waals surface area contributed by atoms with Gasteiger partial charge < -0.3 is 19.8 Å². The molecule has 7 heteroatoms. The van der Waals surface area contributed by atoms with Crippen LogP contribution < -0.4 is 20.3 Å². The summed E-state index contributed by atoms with van der Waals surface area (Å²) in [5, 5.41) is 3.27. The highest BCUT2D eigenvalue weighted by Crippen LogP contribution is 2.32. The number of rotatable bonds is 3. The van der Waals surface area contributed by atoms with Crippen molar-refractivity contribution in [3.63, 3.8) is 0 Å². The molecular weight excluding hydrogens is 322 g/mol. The van der Waals surface area contributed by atoms with Crippen LogP contribution in [-0.4, -0.2) is 29.1 Å². The van der Waals surface area contributed by atoms with E-state index in [1.807, 2.05) is 0 Å². The van der Waals surface area contributed by atoms with Crippen LogP contribution in [0.1, 0.15) is 5.82 Å². The van der Waals surface area contributed by atoms with Crippen molar-refractivity contribution < 1.29 is 14.3 Å². The SMILES string of the molecule is O=C(Cc1nc2ccccc2c(=O)[nH]1)Nc1ccc2c(c1)OCCO2. The Balaban J connectivity index is 1.52. The lowest BCUT2D eigenvalue weighted by Gasteiger charge is -2.19. The van der Waals surface area contributed by atoms with Gasteiger partial charge >= 0.3 is 0 Å². The molecule has 0 unspecified atom stereocenters. The van der Waals surface area contributed by atoms with E-state index in [9.17, 15) is 9.59 Å². The lowest BCUT2D eigenvalue weighted by atomic mass is 10.2. The number of carbonyl (C=O) groups is 1. The minimum absolute atomic E-state index is 0.0332. The molecule has 0 saturated heterocycles. The van der Waals surface area contributed by atoms with Crippen LogP contribution in [0.3, 0.4) is 0 Å². The monoisotopic (exact) mass is 337 g/mol. The summed E-state index contributed by atoms with van der Waals surface area (Å²) in [5.74, 6) is 1.29. The van der Waals surface area contributed by atoms with Gasteiger partial charge in [0.25, 0.3) is 5.56 Å². The van der Waals surface area contributed by atoms with Crippen LogP contribution in [0, 0.1) is 0 Å². The Bertz CT molecular complexity index is 1010. The number of para-hydroxylation sites is 1. The molecule has 0 saturated carbocycles. The smallest absolute Gasteiger partial charge is 0.258 e. The van der Waals surface area contributed by atoms with Crippen LogP contribution >= 0.6 is 0 Å². The van der Waals surface area contributed by atoms with Crippen molar-refractivity contribution in [3.8, 4) is 11.5 Å². The van der Waals surface area contributed by atoms with E-state index in [0.29, 0.717) is 47.1 Å². The van der Waals surface area contributed by atoms with E-state index in [1.165, 1.54) is 0 Å². The molecule has 0 spiro atoms. The van der Waals surface area contributed by atoms with Gasteiger partial charge in [-0.3, -0.25) is 9.59 Å². The van der Waals surface area contributed by atoms with E-state index >= 15 is 0 Å². The molecule has 0 aliphatic carbocycles. The topological polar surface area (TPSA) is 93.3 Å². The van der Waals surface area contributed by atoms with Gasteiger partial charge in [0.05, 0.1) is 17.3 Å².